The van der Waals surface area contributed by atoms with Crippen LogP contribution in [-0.4, -0.2) is 56.4 Å². The number of alkyl halides is 3. The fourth-order valence-corrected chi connectivity index (χ4v) is 2.55. The van der Waals surface area contributed by atoms with Crippen molar-refractivity contribution in [2.45, 2.75) is 12.7 Å². The Morgan fingerprint density at radius 1 is 1.12 bits per heavy atom. The largest absolute Gasteiger partial charge is 0.493 e. The summed E-state index contributed by atoms with van der Waals surface area (Å²) in [7, 11) is -3.57. The maximum atomic E-state index is 12.4. The maximum absolute atomic E-state index is 12.4. The summed E-state index contributed by atoms with van der Waals surface area (Å²) in [6.45, 7) is -1.27. The van der Waals surface area contributed by atoms with Crippen LogP contribution in [0, 0.1) is 0 Å². The van der Waals surface area contributed by atoms with Gasteiger partial charge in [-0.15, -0.1) is 5.06 Å². The molecule has 0 spiro atoms. The molecular weight excluding hydrogens is 381 g/mol. The average Bonchev–Trinajstić information content (AvgIpc) is 2.53. The van der Waals surface area contributed by atoms with E-state index in [9.17, 15) is 31.2 Å². The summed E-state index contributed by atoms with van der Waals surface area (Å²) in [5, 5.41) is 0.0701. The number of rotatable bonds is 7. The Kier molecular flexibility index (Phi) is 7.83. The number of amides is 1. The monoisotopic (exact) mass is 398 g/mol. The van der Waals surface area contributed by atoms with Crippen LogP contribution in [0.2, 0.25) is 0 Å². The van der Waals surface area contributed by atoms with Gasteiger partial charge in [0.15, 0.2) is 9.84 Å². The molecule has 146 valence electrons. The van der Waals surface area contributed by atoms with E-state index in [4.69, 9.17) is 5.73 Å². The fourth-order valence-electron chi connectivity index (χ4n) is 1.64. The number of hydrogen-bond donors (Lipinski definition) is 1. The van der Waals surface area contributed by atoms with Crippen LogP contribution >= 0.6 is 0 Å². The molecule has 0 saturated heterocycles. The van der Waals surface area contributed by atoms with Gasteiger partial charge >= 0.3 is 18.2 Å². The molecule has 0 radical (unpaired) electrons. The molecule has 0 atom stereocenters. The molecule has 0 aromatic heterocycles. The first-order valence-corrected chi connectivity index (χ1v) is 9.05. The molecule has 1 amide bonds. The van der Waals surface area contributed by atoms with E-state index in [1.165, 1.54) is 12.1 Å². The van der Waals surface area contributed by atoms with Crippen LogP contribution in [-0.2, 0) is 30.8 Å². The number of halogens is 3. The lowest BCUT2D eigenvalue weighted by Crippen LogP contribution is -2.39. The maximum Gasteiger partial charge on any atom is 0.493 e. The molecule has 0 fully saturated rings. The third-order valence-corrected chi connectivity index (χ3v) is 4.49. The molecule has 12 heteroatoms. The molecule has 2 N–H and O–H groups in total. The molecule has 0 aliphatic rings. The molecule has 1 aromatic carbocycles. The minimum absolute atomic E-state index is 0.0701. The number of nitrogens with zero attached hydrogens (tertiary/aromatic N) is 1. The van der Waals surface area contributed by atoms with Gasteiger partial charge in [-0.3, -0.25) is 0 Å². The van der Waals surface area contributed by atoms with Gasteiger partial charge in [0.05, 0.1) is 18.1 Å². The van der Waals surface area contributed by atoms with Gasteiger partial charge in [-0.25, -0.2) is 18.0 Å². The Morgan fingerprint density at radius 2 is 1.73 bits per heavy atom. The lowest BCUT2D eigenvalue weighted by molar-refractivity contribution is -0.232. The fraction of sp³-hybridized carbons (Fsp3) is 0.429. The first-order valence-electron chi connectivity index (χ1n) is 7.23. The Bertz CT molecular complexity index is 709. The van der Waals surface area contributed by atoms with E-state index >= 15 is 0 Å². The van der Waals surface area contributed by atoms with Crippen LogP contribution in [0.3, 0.4) is 0 Å². The van der Waals surface area contributed by atoms with Crippen molar-refractivity contribution in [3.05, 3.63) is 35.9 Å². The molecule has 0 saturated carbocycles. The summed E-state index contributed by atoms with van der Waals surface area (Å²) >= 11 is 0. The summed E-state index contributed by atoms with van der Waals surface area (Å²) in [6.07, 6.45) is -6.76. The van der Waals surface area contributed by atoms with Gasteiger partial charge in [-0.1, -0.05) is 30.3 Å². The smallest absolute Gasteiger partial charge is 0.446 e. The van der Waals surface area contributed by atoms with Crippen molar-refractivity contribution in [3.8, 4) is 0 Å². The topological polar surface area (TPSA) is 116 Å². The van der Waals surface area contributed by atoms with Crippen molar-refractivity contribution in [1.29, 1.82) is 0 Å². The summed E-state index contributed by atoms with van der Waals surface area (Å²) < 4.78 is 64.6. The van der Waals surface area contributed by atoms with Crippen molar-refractivity contribution in [2.24, 2.45) is 5.73 Å². The van der Waals surface area contributed by atoms with Crippen molar-refractivity contribution in [1.82, 2.24) is 5.06 Å². The standard InChI is InChI=1S/C14H17F3N2O6S/c15-14(16,17)12(20)25-19(10-11-4-2-1-3-5-11)13(21)24-7-9-26(22,23)8-6-18/h1-5H,6-10,18H2. The van der Waals surface area contributed by atoms with E-state index in [0.29, 0.717) is 5.56 Å². The normalized spacial score (nSPS) is 11.7. The molecule has 1 aromatic rings. The Morgan fingerprint density at radius 3 is 2.27 bits per heavy atom. The summed E-state index contributed by atoms with van der Waals surface area (Å²) in [4.78, 5) is 26.9. The van der Waals surface area contributed by atoms with E-state index < -0.39 is 47.0 Å². The number of sulfone groups is 1. The number of nitrogens with two attached hydrogens (primary N) is 1. The summed E-state index contributed by atoms with van der Waals surface area (Å²) in [5.74, 6) is -3.51. The van der Waals surface area contributed by atoms with Crippen LogP contribution < -0.4 is 5.73 Å². The average molecular weight is 398 g/mol. The molecule has 0 aliphatic heterocycles. The van der Waals surface area contributed by atoms with E-state index in [2.05, 4.69) is 9.57 Å². The first-order chi connectivity index (χ1) is 12.0. The predicted octanol–water partition coefficient (Wildman–Crippen LogP) is 1.02. The van der Waals surface area contributed by atoms with Gasteiger partial charge in [0.2, 0.25) is 0 Å². The second-order valence-corrected chi connectivity index (χ2v) is 7.26. The number of hydroxylamine groups is 2. The molecular formula is C14H17F3N2O6S. The van der Waals surface area contributed by atoms with E-state index in [-0.39, 0.29) is 17.4 Å². The number of hydrogen-bond acceptors (Lipinski definition) is 7. The molecule has 1 rings (SSSR count). The number of ether oxygens (including phenoxy) is 1. The predicted molar refractivity (Wildman–Crippen MR) is 83.2 cm³/mol. The molecule has 26 heavy (non-hydrogen) atoms. The van der Waals surface area contributed by atoms with E-state index in [0.717, 1.165) is 0 Å². The number of carbonyl (C=O) groups excluding carboxylic acids is 2. The van der Waals surface area contributed by atoms with Gasteiger partial charge in [0.1, 0.15) is 6.61 Å². The SMILES string of the molecule is NCCS(=O)(=O)CCOC(=O)N(Cc1ccccc1)OC(=O)C(F)(F)F. The third-order valence-electron chi connectivity index (χ3n) is 2.85. The minimum Gasteiger partial charge on any atom is -0.446 e. The number of carbonyl (C=O) groups is 2. The van der Waals surface area contributed by atoms with Crippen molar-refractivity contribution < 1.29 is 40.8 Å². The highest BCUT2D eigenvalue weighted by Gasteiger charge is 2.43. The van der Waals surface area contributed by atoms with Crippen molar-refractivity contribution in [2.75, 3.05) is 24.7 Å². The molecule has 0 bridgehead atoms. The van der Waals surface area contributed by atoms with Gasteiger partial charge in [-0.05, 0) is 5.56 Å². The molecule has 0 aliphatic carbocycles. The van der Waals surface area contributed by atoms with E-state index in [1.807, 2.05) is 0 Å². The zero-order valence-corrected chi connectivity index (χ0v) is 14.3. The quantitative estimate of drug-likeness (QED) is 0.682. The third kappa shape index (κ3) is 7.70. The van der Waals surface area contributed by atoms with Crippen LogP contribution in [0.25, 0.3) is 0 Å². The zero-order valence-electron chi connectivity index (χ0n) is 13.4. The highest BCUT2D eigenvalue weighted by atomic mass is 32.2. The van der Waals surface area contributed by atoms with Gasteiger partial charge < -0.3 is 15.3 Å². The summed E-state index contributed by atoms with van der Waals surface area (Å²) in [6, 6.07) is 7.71. The first kappa shape index (κ1) is 21.7. The molecule has 0 unspecified atom stereocenters. The van der Waals surface area contributed by atoms with Crippen LogP contribution in [0.5, 0.6) is 0 Å². The van der Waals surface area contributed by atoms with Gasteiger partial charge in [0.25, 0.3) is 0 Å². The highest BCUT2D eigenvalue weighted by molar-refractivity contribution is 7.91. The van der Waals surface area contributed by atoms with Crippen LogP contribution in [0.15, 0.2) is 30.3 Å². The Labute approximate surface area is 147 Å². The van der Waals surface area contributed by atoms with Crippen molar-refractivity contribution >= 4 is 21.9 Å². The second kappa shape index (κ2) is 9.38. The number of benzene rings is 1. The lowest BCUT2D eigenvalue weighted by atomic mass is 10.2. The zero-order chi connectivity index (χ0) is 19.8. The van der Waals surface area contributed by atoms with Gasteiger partial charge in [-0.2, -0.15) is 13.2 Å². The highest BCUT2D eigenvalue weighted by Crippen LogP contribution is 2.18. The second-order valence-electron chi connectivity index (χ2n) is 4.95. The molecule has 0 heterocycles. The molecule has 8 nitrogen and oxygen atoms in total. The Balaban J connectivity index is 2.76. The summed E-state index contributed by atoms with van der Waals surface area (Å²) in [5.41, 5.74) is 5.47. The van der Waals surface area contributed by atoms with Crippen LogP contribution in [0.4, 0.5) is 18.0 Å². The lowest BCUT2D eigenvalue weighted by Gasteiger charge is -2.21. The van der Waals surface area contributed by atoms with E-state index in [1.54, 1.807) is 18.2 Å². The van der Waals surface area contributed by atoms with Crippen molar-refractivity contribution in [3.63, 3.8) is 0 Å². The Hall–Kier alpha value is -2.34. The minimum atomic E-state index is -5.32. The van der Waals surface area contributed by atoms with Crippen LogP contribution in [0.1, 0.15) is 5.56 Å². The van der Waals surface area contributed by atoms with Gasteiger partial charge in [0, 0.05) is 6.54 Å².